The van der Waals surface area contributed by atoms with Crippen LogP contribution in [0.4, 0.5) is 13.2 Å². The fourth-order valence-electron chi connectivity index (χ4n) is 2.50. The monoisotopic (exact) mass is 314 g/mol. The van der Waals surface area contributed by atoms with Crippen molar-refractivity contribution in [1.29, 1.82) is 0 Å². The Labute approximate surface area is 190 Å². The minimum atomic E-state index is -3.42. The maximum absolute atomic E-state index is 13.8. The number of nitrogens with zero attached hydrogens (tertiary/aromatic N) is 2. The molecular formula is C8H12BF3K2N2O2. The molecule has 4 nitrogen and oxygen atoms in total. The number of piperazine rings is 1. The Morgan fingerprint density at radius 3 is 2.44 bits per heavy atom. The molecule has 2 saturated heterocycles. The Morgan fingerprint density at radius 2 is 1.89 bits per heavy atom. The van der Waals surface area contributed by atoms with E-state index < -0.39 is 31.9 Å². The number of fused-ring (bicyclic) bond motifs is 1. The van der Waals surface area contributed by atoms with Crippen molar-refractivity contribution >= 4 is 7.12 Å². The summed E-state index contributed by atoms with van der Waals surface area (Å²) in [5.41, 5.74) is 0. The molecule has 0 N–H and O–H groups in total. The second-order valence-electron chi connectivity index (χ2n) is 4.26. The third-order valence-corrected chi connectivity index (χ3v) is 3.22. The van der Waals surface area contributed by atoms with E-state index in [0.29, 0.717) is 13.0 Å². The second kappa shape index (κ2) is 8.56. The molecule has 0 amide bonds. The minimum Gasteiger partial charge on any atom is -0.892 e. The maximum atomic E-state index is 13.8. The van der Waals surface area contributed by atoms with Crippen molar-refractivity contribution in [2.75, 3.05) is 19.5 Å². The van der Waals surface area contributed by atoms with E-state index in [0.717, 1.165) is 0 Å². The average Bonchev–Trinajstić information content (AvgIpc) is 2.60. The van der Waals surface area contributed by atoms with Crippen molar-refractivity contribution in [2.24, 2.45) is 0 Å². The van der Waals surface area contributed by atoms with Gasteiger partial charge in [-0.15, -0.1) is 0 Å². The number of hydrogen-bond acceptors (Lipinski definition) is 4. The van der Waals surface area contributed by atoms with Crippen LogP contribution in [0, 0.1) is 0 Å². The zero-order valence-electron chi connectivity index (χ0n) is 10.6. The summed E-state index contributed by atoms with van der Waals surface area (Å²) in [5.74, 6) is 0. The summed E-state index contributed by atoms with van der Waals surface area (Å²) in [4.78, 5) is 1.52. The minimum absolute atomic E-state index is 0. The van der Waals surface area contributed by atoms with Crippen LogP contribution in [0.3, 0.4) is 0 Å². The molecule has 0 aromatic carbocycles. The molecule has 18 heavy (non-hydrogen) atoms. The molecule has 2 aliphatic heterocycles. The molecule has 0 spiro atoms. The number of rotatable bonds is 2. The van der Waals surface area contributed by atoms with Gasteiger partial charge in [0.15, 0.2) is 6.30 Å². The van der Waals surface area contributed by atoms with E-state index in [1.54, 1.807) is 0 Å². The summed E-state index contributed by atoms with van der Waals surface area (Å²) >= 11 is 0. The van der Waals surface area contributed by atoms with Gasteiger partial charge < -0.3 is 10.0 Å². The Bertz CT molecular complexity index is 279. The zero-order valence-corrected chi connectivity index (χ0v) is 16.9. The Hall–Kier alpha value is 2.97. The van der Waals surface area contributed by atoms with Gasteiger partial charge >= 0.3 is 109 Å². The molecule has 0 saturated carbocycles. The first-order valence-electron chi connectivity index (χ1n) is 5.27. The van der Waals surface area contributed by atoms with Crippen molar-refractivity contribution in [3.05, 3.63) is 0 Å². The molecule has 0 aromatic heterocycles. The fourth-order valence-corrected chi connectivity index (χ4v) is 2.50. The van der Waals surface area contributed by atoms with Crippen LogP contribution in [0.1, 0.15) is 12.8 Å². The van der Waals surface area contributed by atoms with Crippen molar-refractivity contribution in [1.82, 2.24) is 9.80 Å². The summed E-state index contributed by atoms with van der Waals surface area (Å²) in [6, 6.07) is -4.47. The van der Waals surface area contributed by atoms with Crippen LogP contribution in [0.25, 0.3) is 0 Å². The Balaban J connectivity index is 0.00000144. The molecule has 0 bridgehead atoms. The third-order valence-electron chi connectivity index (χ3n) is 3.22. The van der Waals surface area contributed by atoms with E-state index in [1.807, 2.05) is 0 Å². The Morgan fingerprint density at radius 1 is 1.28 bits per heavy atom. The van der Waals surface area contributed by atoms with Crippen LogP contribution in [0.2, 0.25) is 0 Å². The molecule has 0 radical (unpaired) electrons. The third kappa shape index (κ3) is 4.48. The van der Waals surface area contributed by atoms with Gasteiger partial charge in [-0.05, 0) is 19.4 Å². The van der Waals surface area contributed by atoms with Gasteiger partial charge in [-0.3, -0.25) is 4.90 Å². The van der Waals surface area contributed by atoms with Crippen molar-refractivity contribution in [3.8, 4) is 0 Å². The molecule has 0 aromatic rings. The first-order chi connectivity index (χ1) is 7.43. The second-order valence-corrected chi connectivity index (χ2v) is 4.26. The van der Waals surface area contributed by atoms with E-state index >= 15 is 0 Å². The topological polar surface area (TPSA) is 52.6 Å². The Kier molecular flexibility index (Phi) is 9.97. The summed E-state index contributed by atoms with van der Waals surface area (Å²) < 4.78 is 41.1. The van der Waals surface area contributed by atoms with Crippen LogP contribution in [-0.2, 0) is 0 Å². The number of halogens is 3. The smallest absolute Gasteiger partial charge is 0.892 e. The van der Waals surface area contributed by atoms with Crippen molar-refractivity contribution < 1.29 is 126 Å². The largest absolute Gasteiger partial charge is 1.00 e. The predicted molar refractivity (Wildman–Crippen MR) is 46.9 cm³/mol. The summed E-state index contributed by atoms with van der Waals surface area (Å²) in [6.45, 7) is 0.305. The first kappa shape index (κ1) is 21.0. The fraction of sp³-hybridized carbons (Fsp3) is 1.00. The van der Waals surface area contributed by atoms with E-state index in [2.05, 4.69) is 0 Å². The van der Waals surface area contributed by atoms with Gasteiger partial charge in [0, 0.05) is 6.54 Å². The van der Waals surface area contributed by atoms with Crippen LogP contribution in [-0.4, -0.2) is 54.8 Å². The molecule has 1 unspecified atom stereocenters. The SMILES string of the molecule is [K+].[K+].[O-]B([O-])CN1[C@H](F)CN2CCCC2C1(F)F. The first-order valence-corrected chi connectivity index (χ1v) is 5.27. The molecule has 2 rings (SSSR count). The van der Waals surface area contributed by atoms with Gasteiger partial charge in [-0.1, -0.05) is 13.6 Å². The van der Waals surface area contributed by atoms with Gasteiger partial charge in [-0.25, -0.2) is 9.29 Å². The van der Waals surface area contributed by atoms with E-state index in [1.165, 1.54) is 4.90 Å². The predicted octanol–water partition coefficient (Wildman–Crippen LogP) is -7.59. The molecule has 2 fully saturated rings. The van der Waals surface area contributed by atoms with Crippen molar-refractivity contribution in [3.63, 3.8) is 0 Å². The number of alkyl halides is 3. The quantitative estimate of drug-likeness (QED) is 0.375. The van der Waals surface area contributed by atoms with Gasteiger partial charge in [0.25, 0.3) is 0 Å². The van der Waals surface area contributed by atoms with Crippen LogP contribution in [0.5, 0.6) is 0 Å². The zero-order chi connectivity index (χ0) is 11.9. The van der Waals surface area contributed by atoms with Crippen LogP contribution in [0.15, 0.2) is 0 Å². The molecule has 2 atom stereocenters. The summed E-state index contributed by atoms with van der Waals surface area (Å²) in [6.07, 6.45) is -2.05. The van der Waals surface area contributed by atoms with Gasteiger partial charge in [-0.2, -0.15) is 8.78 Å². The normalized spacial score (nSPS) is 31.2. The van der Waals surface area contributed by atoms with E-state index in [9.17, 15) is 23.2 Å². The van der Waals surface area contributed by atoms with Gasteiger partial charge in [0.2, 0.25) is 0 Å². The van der Waals surface area contributed by atoms with Crippen LogP contribution < -0.4 is 113 Å². The summed E-state index contributed by atoms with van der Waals surface area (Å²) in [5, 5.41) is 20.8. The number of hydrogen-bond donors (Lipinski definition) is 0. The molecule has 2 heterocycles. The standard InChI is InChI=1S/C8H12BF3N2O2.2K/c10-7-4-13-3-1-2-6(13)8(11,12)14(7)5-9(15)16;;/h6-7H,1-5H2;;/q-2;2*+1/t6?,7-;;/m0../s1. The molecule has 92 valence electrons. The van der Waals surface area contributed by atoms with E-state index in [-0.39, 0.29) is 121 Å². The van der Waals surface area contributed by atoms with Crippen LogP contribution >= 0.6 is 0 Å². The van der Waals surface area contributed by atoms with E-state index in [4.69, 9.17) is 0 Å². The molecule has 2 aliphatic rings. The summed E-state index contributed by atoms with van der Waals surface area (Å²) in [7, 11) is -2.45. The van der Waals surface area contributed by atoms with Gasteiger partial charge in [0.1, 0.15) is 0 Å². The molecule has 0 aliphatic carbocycles. The molecular weight excluding hydrogens is 302 g/mol. The van der Waals surface area contributed by atoms with Crippen molar-refractivity contribution in [2.45, 2.75) is 31.2 Å². The molecule has 10 heteroatoms. The average molecular weight is 314 g/mol. The van der Waals surface area contributed by atoms with Gasteiger partial charge in [0.05, 0.1) is 6.04 Å². The maximum Gasteiger partial charge on any atom is 1.00 e.